The third kappa shape index (κ3) is 41.7. The van der Waals surface area contributed by atoms with Crippen LogP contribution in [-0.2, 0) is 19.1 Å². The van der Waals surface area contributed by atoms with Gasteiger partial charge in [-0.1, -0.05) is 171 Å². The van der Waals surface area contributed by atoms with E-state index < -0.39 is 5.97 Å². The summed E-state index contributed by atoms with van der Waals surface area (Å²) in [4.78, 5) is 34.9. The Labute approximate surface area is 326 Å². The first kappa shape index (κ1) is 50.1. The van der Waals surface area contributed by atoms with Crippen molar-refractivity contribution in [3.05, 3.63) is 60.8 Å². The highest BCUT2D eigenvalue weighted by Gasteiger charge is 2.11. The fraction of sp³-hybridized carbons (Fsp3) is 0.723. The number of allylic oxidation sites excluding steroid dienone is 9. The number of ether oxygens (including phenoxy) is 1. The van der Waals surface area contributed by atoms with Crippen LogP contribution in [0.25, 0.3) is 0 Å². The summed E-state index contributed by atoms with van der Waals surface area (Å²) in [5.41, 5.74) is 0. The topological polar surface area (TPSA) is 92.7 Å². The number of rotatable bonds is 39. The van der Waals surface area contributed by atoms with E-state index in [1.54, 1.807) is 0 Å². The van der Waals surface area contributed by atoms with Gasteiger partial charge in [0.05, 0.1) is 0 Å². The van der Waals surface area contributed by atoms with Crippen molar-refractivity contribution in [3.63, 3.8) is 0 Å². The van der Waals surface area contributed by atoms with Crippen molar-refractivity contribution < 1.29 is 24.2 Å². The predicted molar refractivity (Wildman–Crippen MR) is 226 cm³/mol. The lowest BCUT2D eigenvalue weighted by atomic mass is 10.0. The Hall–Kier alpha value is -2.89. The first-order valence-corrected chi connectivity index (χ1v) is 21.9. The standard InChI is InChI=1S/C47H81NO5/c1-3-5-7-9-11-13-14-15-16-17-18-19-20-21-22-23-24-26-28-34-38-42-47(52)53-44(39-35-31-27-25-12-10-8-6-4-2)40-36-32-29-30-33-37-41-45(49)48-43-46(50)51/h5,7,11,13,15-16,18-19,35,39,44H,3-4,6,8-10,12,14,17,20-34,36-38,40-43H2,1-2H3,(H,48,49)(H,50,51)/b7-5-,13-11-,16-15-,19-18-,39-35-. The molecule has 1 atom stereocenters. The van der Waals surface area contributed by atoms with Crippen molar-refractivity contribution in [2.24, 2.45) is 0 Å². The van der Waals surface area contributed by atoms with Gasteiger partial charge in [0.2, 0.25) is 5.91 Å². The average Bonchev–Trinajstić information content (AvgIpc) is 3.14. The van der Waals surface area contributed by atoms with Crippen LogP contribution >= 0.6 is 0 Å². The number of amides is 1. The maximum absolute atomic E-state index is 12.7. The van der Waals surface area contributed by atoms with Gasteiger partial charge in [0, 0.05) is 12.8 Å². The van der Waals surface area contributed by atoms with E-state index in [-0.39, 0.29) is 24.5 Å². The van der Waals surface area contributed by atoms with E-state index in [1.165, 1.54) is 89.9 Å². The van der Waals surface area contributed by atoms with E-state index in [0.717, 1.165) is 89.9 Å². The van der Waals surface area contributed by atoms with E-state index in [4.69, 9.17) is 9.84 Å². The molecule has 0 aliphatic rings. The molecule has 0 rings (SSSR count). The van der Waals surface area contributed by atoms with Gasteiger partial charge in [-0.2, -0.15) is 0 Å². The highest BCUT2D eigenvalue weighted by atomic mass is 16.5. The van der Waals surface area contributed by atoms with Gasteiger partial charge in [0.25, 0.3) is 0 Å². The summed E-state index contributed by atoms with van der Waals surface area (Å²) in [5.74, 6) is -1.27. The first-order valence-electron chi connectivity index (χ1n) is 21.9. The van der Waals surface area contributed by atoms with Crippen molar-refractivity contribution in [2.75, 3.05) is 6.54 Å². The van der Waals surface area contributed by atoms with E-state index in [2.05, 4.69) is 79.9 Å². The Balaban J connectivity index is 4.10. The zero-order valence-corrected chi connectivity index (χ0v) is 34.4. The van der Waals surface area contributed by atoms with E-state index in [0.29, 0.717) is 12.8 Å². The van der Waals surface area contributed by atoms with Gasteiger partial charge in [-0.25, -0.2) is 0 Å². The normalized spacial score (nSPS) is 12.6. The molecule has 53 heavy (non-hydrogen) atoms. The predicted octanol–water partition coefficient (Wildman–Crippen LogP) is 13.6. The van der Waals surface area contributed by atoms with Crippen LogP contribution in [0.15, 0.2) is 60.8 Å². The minimum atomic E-state index is -1.02. The minimum absolute atomic E-state index is 0.0624. The highest BCUT2D eigenvalue weighted by molar-refractivity contribution is 5.80. The zero-order valence-electron chi connectivity index (χ0n) is 34.4. The Morgan fingerprint density at radius 2 is 0.981 bits per heavy atom. The summed E-state index contributed by atoms with van der Waals surface area (Å²) in [5, 5.41) is 11.1. The lowest BCUT2D eigenvalue weighted by Crippen LogP contribution is -2.28. The number of carbonyl (C=O) groups excluding carboxylic acids is 2. The maximum Gasteiger partial charge on any atom is 0.322 e. The molecule has 0 aromatic carbocycles. The molecular formula is C47H81NO5. The van der Waals surface area contributed by atoms with Crippen LogP contribution in [0.4, 0.5) is 0 Å². The number of esters is 1. The third-order valence-corrected chi connectivity index (χ3v) is 9.41. The van der Waals surface area contributed by atoms with Crippen LogP contribution in [-0.4, -0.2) is 35.6 Å². The number of carboxylic acid groups (broad SMARTS) is 1. The quantitative estimate of drug-likeness (QED) is 0.0372. The smallest absolute Gasteiger partial charge is 0.322 e. The number of hydrogen-bond acceptors (Lipinski definition) is 4. The third-order valence-electron chi connectivity index (χ3n) is 9.41. The zero-order chi connectivity index (χ0) is 38.7. The molecule has 1 unspecified atom stereocenters. The second kappa shape index (κ2) is 41.9. The molecular weight excluding hydrogens is 659 g/mol. The van der Waals surface area contributed by atoms with E-state index in [9.17, 15) is 14.4 Å². The van der Waals surface area contributed by atoms with Gasteiger partial charge in [-0.15, -0.1) is 0 Å². The Morgan fingerprint density at radius 3 is 1.53 bits per heavy atom. The summed E-state index contributed by atoms with van der Waals surface area (Å²) >= 11 is 0. The molecule has 0 aromatic rings. The molecule has 6 nitrogen and oxygen atoms in total. The van der Waals surface area contributed by atoms with Gasteiger partial charge in [-0.3, -0.25) is 14.4 Å². The summed E-state index contributed by atoms with van der Waals surface area (Å²) in [6, 6.07) is 0. The van der Waals surface area contributed by atoms with Gasteiger partial charge in [0.1, 0.15) is 12.6 Å². The minimum Gasteiger partial charge on any atom is -0.480 e. The van der Waals surface area contributed by atoms with Crippen molar-refractivity contribution in [1.82, 2.24) is 5.32 Å². The molecule has 0 fully saturated rings. The average molecular weight is 740 g/mol. The van der Waals surface area contributed by atoms with Gasteiger partial charge < -0.3 is 15.2 Å². The van der Waals surface area contributed by atoms with Crippen LogP contribution in [0, 0.1) is 0 Å². The van der Waals surface area contributed by atoms with E-state index >= 15 is 0 Å². The fourth-order valence-electron chi connectivity index (χ4n) is 6.18. The van der Waals surface area contributed by atoms with Crippen molar-refractivity contribution >= 4 is 17.8 Å². The van der Waals surface area contributed by atoms with Crippen LogP contribution in [0.5, 0.6) is 0 Å². The molecule has 304 valence electrons. The fourth-order valence-corrected chi connectivity index (χ4v) is 6.18. The number of aliphatic carboxylic acids is 1. The highest BCUT2D eigenvalue weighted by Crippen LogP contribution is 2.16. The van der Waals surface area contributed by atoms with Gasteiger partial charge >= 0.3 is 11.9 Å². The summed E-state index contributed by atoms with van der Waals surface area (Å²) in [7, 11) is 0. The van der Waals surface area contributed by atoms with Crippen LogP contribution < -0.4 is 5.32 Å². The molecule has 0 saturated heterocycles. The Kier molecular flexibility index (Phi) is 39.6. The second-order valence-corrected chi connectivity index (χ2v) is 14.6. The lowest BCUT2D eigenvalue weighted by Gasteiger charge is -2.15. The van der Waals surface area contributed by atoms with Crippen molar-refractivity contribution in [1.29, 1.82) is 0 Å². The molecule has 1 amide bonds. The molecule has 0 heterocycles. The SMILES string of the molecule is CC/C=C\C/C=C\C/C=C\C/C=C\CCCCCCCCCCC(=O)OC(/C=C\CCCCCCCCC)CCCCCCCCC(=O)NCC(=O)O. The van der Waals surface area contributed by atoms with Crippen molar-refractivity contribution in [2.45, 2.75) is 213 Å². The van der Waals surface area contributed by atoms with Crippen LogP contribution in [0.2, 0.25) is 0 Å². The largest absolute Gasteiger partial charge is 0.480 e. The number of unbranched alkanes of at least 4 members (excludes halogenated alkanes) is 20. The molecule has 6 heteroatoms. The molecule has 0 aliphatic carbocycles. The number of hydrogen-bond donors (Lipinski definition) is 2. The monoisotopic (exact) mass is 740 g/mol. The van der Waals surface area contributed by atoms with Crippen molar-refractivity contribution in [3.8, 4) is 0 Å². The maximum atomic E-state index is 12.7. The molecule has 0 spiro atoms. The molecule has 0 aliphatic heterocycles. The molecule has 0 saturated carbocycles. The van der Waals surface area contributed by atoms with Gasteiger partial charge in [0.15, 0.2) is 0 Å². The van der Waals surface area contributed by atoms with Crippen LogP contribution in [0.3, 0.4) is 0 Å². The molecule has 0 bridgehead atoms. The molecule has 0 radical (unpaired) electrons. The summed E-state index contributed by atoms with van der Waals surface area (Å²) in [6.07, 6.45) is 55.1. The number of nitrogens with one attached hydrogen (secondary N) is 1. The molecule has 2 N–H and O–H groups in total. The Morgan fingerprint density at radius 1 is 0.528 bits per heavy atom. The van der Waals surface area contributed by atoms with E-state index in [1.807, 2.05) is 0 Å². The summed E-state index contributed by atoms with van der Waals surface area (Å²) < 4.78 is 5.95. The first-order chi connectivity index (χ1) is 26.0. The second-order valence-electron chi connectivity index (χ2n) is 14.6. The Bertz CT molecular complexity index is 995. The van der Waals surface area contributed by atoms with Crippen LogP contribution in [0.1, 0.15) is 206 Å². The number of carbonyl (C=O) groups is 3. The summed E-state index contributed by atoms with van der Waals surface area (Å²) in [6.45, 7) is 4.10. The molecule has 0 aromatic heterocycles. The van der Waals surface area contributed by atoms with Gasteiger partial charge in [-0.05, 0) is 83.1 Å². The number of carboxylic acids is 1. The lowest BCUT2D eigenvalue weighted by molar-refractivity contribution is -0.147.